The van der Waals surface area contributed by atoms with Crippen molar-refractivity contribution in [3.8, 4) is 0 Å². The zero-order valence-electron chi connectivity index (χ0n) is 18.3. The third-order valence-corrected chi connectivity index (χ3v) is 17.4. The summed E-state index contributed by atoms with van der Waals surface area (Å²) in [7, 11) is 0. The second kappa shape index (κ2) is 9.71. The Bertz CT molecular complexity index is 996. The van der Waals surface area contributed by atoms with E-state index in [1.54, 1.807) is 4.57 Å². The van der Waals surface area contributed by atoms with E-state index in [4.69, 9.17) is 22.4 Å². The first-order valence-electron chi connectivity index (χ1n) is 11.1. The van der Waals surface area contributed by atoms with Crippen LogP contribution in [0.15, 0.2) is 10.9 Å². The standard InChI is InChI=1S/C12H12BrN5O5.2C4H9.Sn/c13-8-4(10(15)22)5-9(14)16-2-17-11(5)18(8)12-7(21)6(20)3(1-19)23-12;2*1-3-4-2;/h2-3,6-7,12,19H,1H2,(H2,15,22)(H2,14,16,17);2*1,3-4H2,2H3;/q-2;;;+2/t3-,6+,7-,12-;;;/m0.../s1. The molecular formula is C20H30BrN5O5Sn. The number of anilines is 1. The zero-order chi connectivity index (χ0) is 23.0. The van der Waals surface area contributed by atoms with Gasteiger partial charge in [-0.1, -0.05) is 0 Å². The average Bonchev–Trinajstić information content (AvgIpc) is 3.39. The molecule has 0 unspecified atom stereocenters. The third-order valence-electron chi connectivity index (χ3n) is 6.24. The summed E-state index contributed by atoms with van der Waals surface area (Å²) in [5.74, 6) is -0.502. The van der Waals surface area contributed by atoms with Gasteiger partial charge >= 0.3 is 201 Å². The van der Waals surface area contributed by atoms with Gasteiger partial charge in [-0.3, -0.25) is 0 Å². The van der Waals surface area contributed by atoms with Gasteiger partial charge in [-0.05, 0) is 0 Å². The number of hydrogen-bond acceptors (Lipinski definition) is 8. The van der Waals surface area contributed by atoms with Crippen LogP contribution in [0.3, 0.4) is 0 Å². The Morgan fingerprint density at radius 2 is 1.88 bits per heavy atom. The molecule has 4 heterocycles. The Kier molecular flexibility index (Phi) is 7.32. The maximum absolute atomic E-state index is 12.2. The number of aromatic nitrogens is 3. The van der Waals surface area contributed by atoms with E-state index >= 15 is 0 Å². The van der Waals surface area contributed by atoms with Gasteiger partial charge in [0, 0.05) is 0 Å². The van der Waals surface area contributed by atoms with Gasteiger partial charge in [0.1, 0.15) is 0 Å². The van der Waals surface area contributed by atoms with Crippen LogP contribution in [0.25, 0.3) is 11.0 Å². The molecule has 0 bridgehead atoms. The number of primary amides is 1. The summed E-state index contributed by atoms with van der Waals surface area (Å²) in [6.45, 7) is 4.13. The van der Waals surface area contributed by atoms with Crippen molar-refractivity contribution in [3.63, 3.8) is 0 Å². The molecule has 0 radical (unpaired) electrons. The van der Waals surface area contributed by atoms with Crippen LogP contribution in [0.1, 0.15) is 56.1 Å². The normalized spacial score (nSPS) is 26.6. The van der Waals surface area contributed by atoms with Crippen LogP contribution in [0.2, 0.25) is 8.87 Å². The topological polar surface area (TPSA) is 148 Å². The van der Waals surface area contributed by atoms with Crippen LogP contribution < -0.4 is 11.5 Å². The number of fused-ring (bicyclic) bond motifs is 2. The second-order valence-electron chi connectivity index (χ2n) is 8.39. The quantitative estimate of drug-likeness (QED) is 0.363. The van der Waals surface area contributed by atoms with E-state index in [1.807, 2.05) is 0 Å². The van der Waals surface area contributed by atoms with Crippen LogP contribution >= 0.6 is 15.9 Å². The molecule has 4 rings (SSSR count). The molecule has 1 amide bonds. The molecule has 2 fully saturated rings. The average molecular weight is 619 g/mol. The Morgan fingerprint density at radius 3 is 2.47 bits per heavy atom. The van der Waals surface area contributed by atoms with Crippen molar-refractivity contribution < 1.29 is 20.8 Å². The third kappa shape index (κ3) is 4.04. The molecule has 2 aliphatic heterocycles. The summed E-state index contributed by atoms with van der Waals surface area (Å²) in [5, 5.41) is 10.4. The number of unbranched alkanes of at least 4 members (excludes halogenated alkanes) is 2. The van der Waals surface area contributed by atoms with Gasteiger partial charge in [0.15, 0.2) is 0 Å². The van der Waals surface area contributed by atoms with Gasteiger partial charge in [-0.15, -0.1) is 0 Å². The van der Waals surface area contributed by atoms with E-state index in [-0.39, 0.29) is 24.1 Å². The summed E-state index contributed by atoms with van der Waals surface area (Å²) in [6, 6.07) is 0. The number of halogens is 1. The summed E-state index contributed by atoms with van der Waals surface area (Å²) >= 11 is 0.128. The molecule has 5 N–H and O–H groups in total. The van der Waals surface area contributed by atoms with Crippen molar-refractivity contribution in [2.45, 2.75) is 72.9 Å². The molecule has 2 aromatic rings. The predicted molar refractivity (Wildman–Crippen MR) is 124 cm³/mol. The van der Waals surface area contributed by atoms with Crippen LogP contribution in [0.5, 0.6) is 0 Å². The van der Waals surface area contributed by atoms with E-state index in [1.165, 1.54) is 6.33 Å². The molecule has 176 valence electrons. The fraction of sp³-hybridized carbons (Fsp3) is 0.650. The molecule has 12 heteroatoms. The van der Waals surface area contributed by atoms with E-state index in [0.717, 1.165) is 34.6 Å². The SMILES string of the molecule is CCC[CH2][Sn]1([CH2]CCC)[O][C@H]2[C@H]([O]1)[C@@H](n1c(Br)c(C(N)=O)c3c(N)ncnc31)O[C@H]2CO. The van der Waals surface area contributed by atoms with Crippen LogP contribution in [0.4, 0.5) is 5.82 Å². The number of hydrogen-bond donors (Lipinski definition) is 3. The Hall–Kier alpha value is -0.991. The Labute approximate surface area is 200 Å². The molecule has 0 saturated carbocycles. The van der Waals surface area contributed by atoms with Gasteiger partial charge in [-0.2, -0.15) is 0 Å². The van der Waals surface area contributed by atoms with Gasteiger partial charge in [0.25, 0.3) is 0 Å². The number of ether oxygens (including phenoxy) is 1. The van der Waals surface area contributed by atoms with E-state index in [9.17, 15) is 9.90 Å². The van der Waals surface area contributed by atoms with Crippen LogP contribution in [-0.4, -0.2) is 69.7 Å². The van der Waals surface area contributed by atoms with Gasteiger partial charge < -0.3 is 0 Å². The molecule has 2 saturated heterocycles. The molecule has 0 aliphatic carbocycles. The predicted octanol–water partition coefficient (Wildman–Crippen LogP) is 2.59. The maximum atomic E-state index is 12.2. The van der Waals surface area contributed by atoms with Crippen LogP contribution in [-0.2, 0) is 10.9 Å². The molecule has 0 spiro atoms. The van der Waals surface area contributed by atoms with Crippen molar-refractivity contribution in [2.24, 2.45) is 5.73 Å². The van der Waals surface area contributed by atoms with Crippen molar-refractivity contribution in [2.75, 3.05) is 12.3 Å². The monoisotopic (exact) mass is 619 g/mol. The van der Waals surface area contributed by atoms with E-state index in [0.29, 0.717) is 15.6 Å². The molecule has 0 aromatic carbocycles. The van der Waals surface area contributed by atoms with Gasteiger partial charge in [-0.25, -0.2) is 0 Å². The Balaban J connectivity index is 1.79. The van der Waals surface area contributed by atoms with Gasteiger partial charge in [0.05, 0.1) is 0 Å². The van der Waals surface area contributed by atoms with Crippen molar-refractivity contribution >= 4 is 57.9 Å². The number of aliphatic hydroxyl groups excluding tert-OH is 1. The van der Waals surface area contributed by atoms with Gasteiger partial charge in [0.2, 0.25) is 0 Å². The van der Waals surface area contributed by atoms with E-state index < -0.39 is 43.5 Å². The van der Waals surface area contributed by atoms with Crippen molar-refractivity contribution in [1.29, 1.82) is 0 Å². The number of rotatable bonds is 9. The summed E-state index contributed by atoms with van der Waals surface area (Å²) in [6.07, 6.45) is 3.62. The van der Waals surface area contributed by atoms with E-state index in [2.05, 4.69) is 39.7 Å². The summed E-state index contributed by atoms with van der Waals surface area (Å²) in [4.78, 5) is 20.6. The minimum absolute atomic E-state index is 0.152. The summed E-state index contributed by atoms with van der Waals surface area (Å²) < 4.78 is 23.8. The zero-order valence-corrected chi connectivity index (χ0v) is 22.7. The first-order valence-corrected chi connectivity index (χ1v) is 18.2. The molecule has 10 nitrogen and oxygen atoms in total. The molecule has 2 aliphatic rings. The first-order chi connectivity index (χ1) is 15.4. The molecule has 4 atom stereocenters. The molecular weight excluding hydrogens is 589 g/mol. The molecule has 32 heavy (non-hydrogen) atoms. The molecule has 2 aromatic heterocycles. The second-order valence-corrected chi connectivity index (χ2v) is 18.5. The number of amides is 1. The number of nitrogens with zero attached hydrogens (tertiary/aromatic N) is 3. The summed E-state index contributed by atoms with van der Waals surface area (Å²) in [5.41, 5.74) is 12.3. The number of nitrogens with two attached hydrogens (primary N) is 2. The van der Waals surface area contributed by atoms with Crippen molar-refractivity contribution in [1.82, 2.24) is 14.5 Å². The number of nitrogen functional groups attached to an aromatic ring is 1. The minimum atomic E-state index is -3.38. The fourth-order valence-corrected chi connectivity index (χ4v) is 17.1. The first kappa shape index (κ1) is 24.1. The fourth-order valence-electron chi connectivity index (χ4n) is 4.69. The Morgan fingerprint density at radius 1 is 1.22 bits per heavy atom. The van der Waals surface area contributed by atoms with Crippen LogP contribution in [0, 0.1) is 0 Å². The number of carbonyl (C=O) groups excluding carboxylic acids is 1. The number of aliphatic hydroxyl groups is 1. The number of carbonyl (C=O) groups is 1. The van der Waals surface area contributed by atoms with Crippen molar-refractivity contribution in [3.05, 3.63) is 16.5 Å².